The van der Waals surface area contributed by atoms with Crippen molar-refractivity contribution in [3.8, 4) is 11.5 Å². The summed E-state index contributed by atoms with van der Waals surface area (Å²) in [4.78, 5) is 4.48. The number of halogens is 1. The molecular formula is C22H20ClNO2. The Morgan fingerprint density at radius 2 is 1.73 bits per heavy atom. The maximum absolute atomic E-state index is 6.42. The molecule has 0 saturated carbocycles. The predicted molar refractivity (Wildman–Crippen MR) is 107 cm³/mol. The summed E-state index contributed by atoms with van der Waals surface area (Å²) in [5.74, 6) is 1.12. The fourth-order valence-corrected chi connectivity index (χ4v) is 2.74. The fraction of sp³-hybridized carbons (Fsp3) is 0.136. The van der Waals surface area contributed by atoms with Crippen molar-refractivity contribution >= 4 is 23.5 Å². The molecule has 0 aliphatic rings. The monoisotopic (exact) mass is 365 g/mol. The summed E-state index contributed by atoms with van der Waals surface area (Å²) >= 11 is 6.42. The Balaban J connectivity index is 1.79. The lowest BCUT2D eigenvalue weighted by Crippen LogP contribution is -1.99. The normalized spacial score (nSPS) is 10.9. The highest BCUT2D eigenvalue weighted by atomic mass is 35.5. The second-order valence-corrected chi connectivity index (χ2v) is 6.31. The van der Waals surface area contributed by atoms with Crippen LogP contribution >= 0.6 is 11.6 Å². The van der Waals surface area contributed by atoms with Gasteiger partial charge in [-0.15, -0.1) is 0 Å². The van der Waals surface area contributed by atoms with E-state index in [9.17, 15) is 0 Å². The average Bonchev–Trinajstić information content (AvgIpc) is 2.67. The number of nitrogens with zero attached hydrogens (tertiary/aromatic N) is 1. The van der Waals surface area contributed by atoms with E-state index < -0.39 is 0 Å². The first-order valence-electron chi connectivity index (χ1n) is 8.30. The van der Waals surface area contributed by atoms with E-state index in [1.807, 2.05) is 73.7 Å². The van der Waals surface area contributed by atoms with E-state index in [1.165, 1.54) is 5.56 Å². The molecule has 0 aliphatic carbocycles. The number of hydrogen-bond donors (Lipinski definition) is 0. The van der Waals surface area contributed by atoms with Crippen LogP contribution in [0.1, 0.15) is 16.7 Å². The van der Waals surface area contributed by atoms with Gasteiger partial charge in [0.2, 0.25) is 0 Å². The molecule has 3 aromatic rings. The second-order valence-electron chi connectivity index (χ2n) is 5.90. The van der Waals surface area contributed by atoms with Crippen molar-refractivity contribution in [2.75, 3.05) is 7.11 Å². The summed E-state index contributed by atoms with van der Waals surface area (Å²) < 4.78 is 11.3. The summed E-state index contributed by atoms with van der Waals surface area (Å²) in [5, 5.41) is 0.491. The van der Waals surface area contributed by atoms with Crippen LogP contribution in [0.15, 0.2) is 71.7 Å². The molecule has 0 N–H and O–H groups in total. The smallest absolute Gasteiger partial charge is 0.180 e. The Morgan fingerprint density at radius 1 is 1.00 bits per heavy atom. The van der Waals surface area contributed by atoms with Crippen molar-refractivity contribution in [1.82, 2.24) is 0 Å². The highest BCUT2D eigenvalue weighted by Crippen LogP contribution is 2.36. The molecule has 0 aromatic heterocycles. The van der Waals surface area contributed by atoms with E-state index in [-0.39, 0.29) is 0 Å². The molecular weight excluding hydrogens is 346 g/mol. The zero-order valence-corrected chi connectivity index (χ0v) is 15.5. The van der Waals surface area contributed by atoms with E-state index in [1.54, 1.807) is 13.3 Å². The standard InChI is InChI=1S/C22H20ClNO2/c1-16-8-10-19(11-9-16)24-14-18-12-20(23)22(21(13-18)25-2)26-15-17-6-4-3-5-7-17/h3-14H,15H2,1-2H3. The maximum Gasteiger partial charge on any atom is 0.180 e. The van der Waals surface area contributed by atoms with Crippen LogP contribution in [0.5, 0.6) is 11.5 Å². The summed E-state index contributed by atoms with van der Waals surface area (Å²) in [5.41, 5.74) is 4.00. The Bertz CT molecular complexity index is 890. The summed E-state index contributed by atoms with van der Waals surface area (Å²) in [6.07, 6.45) is 1.76. The third kappa shape index (κ3) is 4.64. The van der Waals surface area contributed by atoms with Crippen molar-refractivity contribution in [3.05, 3.63) is 88.4 Å². The lowest BCUT2D eigenvalue weighted by atomic mass is 10.2. The molecule has 132 valence electrons. The predicted octanol–water partition coefficient (Wildman–Crippen LogP) is 5.99. The Hall–Kier alpha value is -2.78. The van der Waals surface area contributed by atoms with Gasteiger partial charge in [-0.05, 0) is 42.3 Å². The van der Waals surface area contributed by atoms with Gasteiger partial charge in [0, 0.05) is 6.21 Å². The summed E-state index contributed by atoms with van der Waals surface area (Å²) in [6, 6.07) is 21.6. The van der Waals surface area contributed by atoms with Crippen molar-refractivity contribution in [1.29, 1.82) is 0 Å². The number of hydrogen-bond acceptors (Lipinski definition) is 3. The van der Waals surface area contributed by atoms with Crippen LogP contribution in [-0.2, 0) is 6.61 Å². The van der Waals surface area contributed by atoms with E-state index >= 15 is 0 Å². The van der Waals surface area contributed by atoms with Gasteiger partial charge in [-0.25, -0.2) is 0 Å². The molecule has 4 heteroatoms. The third-order valence-electron chi connectivity index (χ3n) is 3.87. The molecule has 0 radical (unpaired) electrons. The number of aryl methyl sites for hydroxylation is 1. The van der Waals surface area contributed by atoms with Gasteiger partial charge >= 0.3 is 0 Å². The van der Waals surface area contributed by atoms with Crippen LogP contribution in [0.3, 0.4) is 0 Å². The lowest BCUT2D eigenvalue weighted by Gasteiger charge is -2.13. The molecule has 0 heterocycles. The van der Waals surface area contributed by atoms with E-state index in [2.05, 4.69) is 4.99 Å². The molecule has 0 spiro atoms. The second kappa shape index (κ2) is 8.54. The largest absolute Gasteiger partial charge is 0.493 e. The van der Waals surface area contributed by atoms with Gasteiger partial charge in [0.15, 0.2) is 11.5 Å². The zero-order chi connectivity index (χ0) is 18.4. The van der Waals surface area contributed by atoms with Crippen molar-refractivity contribution < 1.29 is 9.47 Å². The number of aliphatic imine (C=N–C) groups is 1. The quantitative estimate of drug-likeness (QED) is 0.502. The Morgan fingerprint density at radius 3 is 2.42 bits per heavy atom. The van der Waals surface area contributed by atoms with Crippen LogP contribution in [0, 0.1) is 6.92 Å². The molecule has 3 aromatic carbocycles. The van der Waals surface area contributed by atoms with Crippen LogP contribution in [0.4, 0.5) is 5.69 Å². The molecule has 0 fully saturated rings. The lowest BCUT2D eigenvalue weighted by molar-refractivity contribution is 0.284. The molecule has 0 amide bonds. The fourth-order valence-electron chi connectivity index (χ4n) is 2.46. The van der Waals surface area contributed by atoms with Gasteiger partial charge in [-0.1, -0.05) is 59.6 Å². The molecule has 0 unspecified atom stereocenters. The molecule has 0 saturated heterocycles. The summed E-state index contributed by atoms with van der Waals surface area (Å²) in [6.45, 7) is 2.47. The van der Waals surface area contributed by atoms with Crippen LogP contribution in [0.25, 0.3) is 0 Å². The van der Waals surface area contributed by atoms with Gasteiger partial charge in [-0.2, -0.15) is 0 Å². The van der Waals surface area contributed by atoms with Crippen molar-refractivity contribution in [2.24, 2.45) is 4.99 Å². The molecule has 0 atom stereocenters. The third-order valence-corrected chi connectivity index (χ3v) is 4.16. The molecule has 26 heavy (non-hydrogen) atoms. The maximum atomic E-state index is 6.42. The molecule has 3 nitrogen and oxygen atoms in total. The SMILES string of the molecule is COc1cc(C=Nc2ccc(C)cc2)cc(Cl)c1OCc1ccccc1. The van der Waals surface area contributed by atoms with E-state index in [4.69, 9.17) is 21.1 Å². The molecule has 0 aliphatic heterocycles. The van der Waals surface area contributed by atoms with Crippen LogP contribution in [0.2, 0.25) is 5.02 Å². The molecule has 3 rings (SSSR count). The number of benzene rings is 3. The van der Waals surface area contributed by atoms with Gasteiger partial charge < -0.3 is 9.47 Å². The number of ether oxygens (including phenoxy) is 2. The first-order chi connectivity index (χ1) is 12.7. The minimum atomic E-state index is 0.424. The van der Waals surface area contributed by atoms with Gasteiger partial charge in [-0.3, -0.25) is 4.99 Å². The highest BCUT2D eigenvalue weighted by molar-refractivity contribution is 6.32. The van der Waals surface area contributed by atoms with Crippen molar-refractivity contribution in [2.45, 2.75) is 13.5 Å². The first kappa shape index (κ1) is 18.0. The van der Waals surface area contributed by atoms with Gasteiger partial charge in [0.25, 0.3) is 0 Å². The van der Waals surface area contributed by atoms with Gasteiger partial charge in [0.1, 0.15) is 6.61 Å². The topological polar surface area (TPSA) is 30.8 Å². The Labute approximate surface area is 158 Å². The number of rotatable bonds is 6. The van der Waals surface area contributed by atoms with Gasteiger partial charge in [0.05, 0.1) is 17.8 Å². The van der Waals surface area contributed by atoms with Crippen molar-refractivity contribution in [3.63, 3.8) is 0 Å². The minimum Gasteiger partial charge on any atom is -0.493 e. The Kier molecular flexibility index (Phi) is 5.92. The number of methoxy groups -OCH3 is 1. The molecule has 0 bridgehead atoms. The highest BCUT2D eigenvalue weighted by Gasteiger charge is 2.12. The van der Waals surface area contributed by atoms with Crippen LogP contribution in [-0.4, -0.2) is 13.3 Å². The average molecular weight is 366 g/mol. The summed E-state index contributed by atoms with van der Waals surface area (Å²) in [7, 11) is 1.60. The zero-order valence-electron chi connectivity index (χ0n) is 14.8. The minimum absolute atomic E-state index is 0.424. The first-order valence-corrected chi connectivity index (χ1v) is 8.68. The van der Waals surface area contributed by atoms with E-state index in [0.717, 1.165) is 16.8 Å². The van der Waals surface area contributed by atoms with E-state index in [0.29, 0.717) is 23.1 Å². The van der Waals surface area contributed by atoms with Crippen LogP contribution < -0.4 is 9.47 Å².